The van der Waals surface area contributed by atoms with Crippen molar-refractivity contribution in [1.82, 2.24) is 10.2 Å². The van der Waals surface area contributed by atoms with Gasteiger partial charge in [0, 0.05) is 30.1 Å². The fourth-order valence-electron chi connectivity index (χ4n) is 3.48. The molecular weight excluding hydrogens is 493 g/mol. The van der Waals surface area contributed by atoms with Crippen LogP contribution in [-0.2, 0) is 26.2 Å². The molecule has 0 spiro atoms. The Morgan fingerprint density at radius 2 is 1.69 bits per heavy atom. The molecular formula is C25H33ClFN3O4S. The van der Waals surface area contributed by atoms with Crippen LogP contribution < -0.4 is 9.62 Å². The van der Waals surface area contributed by atoms with Crippen molar-refractivity contribution in [3.05, 3.63) is 64.9 Å². The molecule has 10 heteroatoms. The molecule has 1 N–H and O–H groups in total. The number of carbonyl (C=O) groups excluding carboxylic acids is 2. The lowest BCUT2D eigenvalue weighted by atomic mass is 10.1. The number of anilines is 1. The summed E-state index contributed by atoms with van der Waals surface area (Å²) >= 11 is 5.97. The summed E-state index contributed by atoms with van der Waals surface area (Å²) in [5.74, 6) is -1.29. The van der Waals surface area contributed by atoms with Crippen molar-refractivity contribution in [1.29, 1.82) is 0 Å². The smallest absolute Gasteiger partial charge is 0.242 e. The van der Waals surface area contributed by atoms with E-state index in [-0.39, 0.29) is 43.4 Å². The molecule has 35 heavy (non-hydrogen) atoms. The number of hydrogen-bond acceptors (Lipinski definition) is 4. The molecule has 0 aliphatic carbocycles. The first-order chi connectivity index (χ1) is 16.2. The number of benzene rings is 2. The van der Waals surface area contributed by atoms with Gasteiger partial charge < -0.3 is 10.2 Å². The summed E-state index contributed by atoms with van der Waals surface area (Å²) in [6, 6.07) is 11.8. The first kappa shape index (κ1) is 28.6. The Morgan fingerprint density at radius 1 is 1.09 bits per heavy atom. The van der Waals surface area contributed by atoms with E-state index in [1.807, 2.05) is 20.8 Å². The van der Waals surface area contributed by atoms with Crippen LogP contribution in [0.1, 0.15) is 46.1 Å². The molecule has 2 rings (SSSR count). The quantitative estimate of drug-likeness (QED) is 0.499. The third-order valence-electron chi connectivity index (χ3n) is 5.20. The van der Waals surface area contributed by atoms with Gasteiger partial charge in [-0.2, -0.15) is 0 Å². The summed E-state index contributed by atoms with van der Waals surface area (Å²) in [7, 11) is -3.77. The second-order valence-corrected chi connectivity index (χ2v) is 11.8. The van der Waals surface area contributed by atoms with E-state index in [1.165, 1.54) is 23.1 Å². The Hall–Kier alpha value is -2.65. The lowest BCUT2D eigenvalue weighted by Gasteiger charge is -2.32. The van der Waals surface area contributed by atoms with Gasteiger partial charge in [-0.05, 0) is 63.9 Å². The lowest BCUT2D eigenvalue weighted by Crippen LogP contribution is -2.52. The van der Waals surface area contributed by atoms with Crippen LogP contribution >= 0.6 is 11.6 Å². The fraction of sp³-hybridized carbons (Fsp3) is 0.440. The zero-order valence-corrected chi connectivity index (χ0v) is 22.3. The van der Waals surface area contributed by atoms with Gasteiger partial charge in [0.25, 0.3) is 0 Å². The predicted octanol–water partition coefficient (Wildman–Crippen LogP) is 4.36. The van der Waals surface area contributed by atoms with Crippen LogP contribution in [0.25, 0.3) is 0 Å². The molecule has 0 saturated heterocycles. The summed E-state index contributed by atoms with van der Waals surface area (Å²) < 4.78 is 39.8. The van der Waals surface area contributed by atoms with E-state index in [9.17, 15) is 22.4 Å². The second kappa shape index (κ2) is 11.9. The van der Waals surface area contributed by atoms with E-state index in [0.717, 1.165) is 16.1 Å². The van der Waals surface area contributed by atoms with Crippen molar-refractivity contribution in [3.63, 3.8) is 0 Å². The molecule has 2 aromatic carbocycles. The minimum absolute atomic E-state index is 0.0266. The Morgan fingerprint density at radius 3 is 2.23 bits per heavy atom. The van der Waals surface area contributed by atoms with Gasteiger partial charge in [0.2, 0.25) is 21.8 Å². The molecule has 0 radical (unpaired) electrons. The number of rotatable bonds is 10. The third kappa shape index (κ3) is 8.81. The van der Waals surface area contributed by atoms with E-state index in [1.54, 1.807) is 37.3 Å². The average Bonchev–Trinajstić information content (AvgIpc) is 2.74. The number of nitrogens with zero attached hydrogens (tertiary/aromatic N) is 2. The number of halogens is 2. The first-order valence-corrected chi connectivity index (χ1v) is 13.5. The fourth-order valence-corrected chi connectivity index (χ4v) is 4.57. The molecule has 0 aliphatic rings. The zero-order chi connectivity index (χ0) is 26.4. The Balaban J connectivity index is 2.19. The monoisotopic (exact) mass is 525 g/mol. The second-order valence-electron chi connectivity index (χ2n) is 9.45. The van der Waals surface area contributed by atoms with E-state index >= 15 is 0 Å². The highest BCUT2D eigenvalue weighted by Crippen LogP contribution is 2.22. The van der Waals surface area contributed by atoms with Crippen molar-refractivity contribution in [2.24, 2.45) is 0 Å². The van der Waals surface area contributed by atoms with Gasteiger partial charge in [-0.3, -0.25) is 13.9 Å². The first-order valence-electron chi connectivity index (χ1n) is 11.3. The molecule has 2 aromatic rings. The summed E-state index contributed by atoms with van der Waals surface area (Å²) in [5, 5.41) is 3.44. The van der Waals surface area contributed by atoms with Crippen molar-refractivity contribution < 1.29 is 22.4 Å². The standard InChI is InChI=1S/C25H33ClFN3O4S/c1-18(24(32)28-25(2,3)4)29(17-19-12-14-20(26)15-13-19)23(31)11-8-16-30(35(5,33)34)22-10-7-6-9-21(22)27/h6-7,9-10,12-15,18H,8,11,16-17H2,1-5H3,(H,28,32)/t18-/m0/s1. The normalized spacial score (nSPS) is 12.7. The van der Waals surface area contributed by atoms with E-state index in [2.05, 4.69) is 5.32 Å². The molecule has 0 fully saturated rings. The highest BCUT2D eigenvalue weighted by atomic mass is 35.5. The number of nitrogens with one attached hydrogen (secondary N) is 1. The highest BCUT2D eigenvalue weighted by molar-refractivity contribution is 7.92. The van der Waals surface area contributed by atoms with Gasteiger partial charge in [0.05, 0.1) is 11.9 Å². The van der Waals surface area contributed by atoms with Crippen LogP contribution in [-0.4, -0.2) is 49.5 Å². The molecule has 0 unspecified atom stereocenters. The van der Waals surface area contributed by atoms with Crippen LogP contribution in [0.3, 0.4) is 0 Å². The molecule has 1 atom stereocenters. The van der Waals surface area contributed by atoms with Crippen molar-refractivity contribution in [2.75, 3.05) is 17.1 Å². The van der Waals surface area contributed by atoms with Crippen LogP contribution in [0.4, 0.5) is 10.1 Å². The number of amides is 2. The number of sulfonamides is 1. The maximum Gasteiger partial charge on any atom is 0.242 e. The molecule has 7 nitrogen and oxygen atoms in total. The van der Waals surface area contributed by atoms with Gasteiger partial charge in [-0.1, -0.05) is 35.9 Å². The minimum atomic E-state index is -3.77. The molecule has 0 aromatic heterocycles. The van der Waals surface area contributed by atoms with E-state index in [4.69, 9.17) is 11.6 Å². The van der Waals surface area contributed by atoms with Gasteiger partial charge in [0.15, 0.2) is 0 Å². The van der Waals surface area contributed by atoms with Crippen LogP contribution in [0.15, 0.2) is 48.5 Å². The minimum Gasteiger partial charge on any atom is -0.350 e. The van der Waals surface area contributed by atoms with Crippen molar-refractivity contribution in [2.45, 2.75) is 58.7 Å². The van der Waals surface area contributed by atoms with E-state index in [0.29, 0.717) is 5.02 Å². The lowest BCUT2D eigenvalue weighted by molar-refractivity contribution is -0.141. The number of carbonyl (C=O) groups is 2. The maximum absolute atomic E-state index is 14.2. The molecule has 0 aliphatic heterocycles. The number of para-hydroxylation sites is 1. The topological polar surface area (TPSA) is 86.8 Å². The largest absolute Gasteiger partial charge is 0.350 e. The zero-order valence-electron chi connectivity index (χ0n) is 20.7. The predicted molar refractivity (Wildman–Crippen MR) is 137 cm³/mol. The molecule has 0 heterocycles. The SMILES string of the molecule is C[C@@H](C(=O)NC(C)(C)C)N(Cc1ccc(Cl)cc1)C(=O)CCCN(c1ccccc1F)S(C)(=O)=O. The van der Waals surface area contributed by atoms with Crippen molar-refractivity contribution >= 4 is 39.1 Å². The highest BCUT2D eigenvalue weighted by Gasteiger charge is 2.29. The van der Waals surface area contributed by atoms with Crippen molar-refractivity contribution in [3.8, 4) is 0 Å². The molecule has 2 amide bonds. The van der Waals surface area contributed by atoms with Gasteiger partial charge in [0.1, 0.15) is 11.9 Å². The Kier molecular flexibility index (Phi) is 9.68. The summed E-state index contributed by atoms with van der Waals surface area (Å²) in [6.45, 7) is 7.31. The average molecular weight is 526 g/mol. The van der Waals surface area contributed by atoms with Gasteiger partial charge in [-0.25, -0.2) is 12.8 Å². The molecule has 0 bridgehead atoms. The summed E-state index contributed by atoms with van der Waals surface area (Å²) in [6.07, 6.45) is 1.11. The van der Waals surface area contributed by atoms with Crippen LogP contribution in [0.2, 0.25) is 5.02 Å². The Bertz CT molecular complexity index is 1130. The van der Waals surface area contributed by atoms with E-state index < -0.39 is 27.4 Å². The Labute approximate surface area is 212 Å². The number of hydrogen-bond donors (Lipinski definition) is 1. The summed E-state index contributed by atoms with van der Waals surface area (Å²) in [5.41, 5.74) is 0.247. The van der Waals surface area contributed by atoms with Gasteiger partial charge >= 0.3 is 0 Å². The summed E-state index contributed by atoms with van der Waals surface area (Å²) in [4.78, 5) is 27.5. The molecule has 0 saturated carbocycles. The van der Waals surface area contributed by atoms with Crippen LogP contribution in [0, 0.1) is 5.82 Å². The molecule has 192 valence electrons. The maximum atomic E-state index is 14.2. The van der Waals surface area contributed by atoms with Gasteiger partial charge in [-0.15, -0.1) is 0 Å². The van der Waals surface area contributed by atoms with Crippen LogP contribution in [0.5, 0.6) is 0 Å². The third-order valence-corrected chi connectivity index (χ3v) is 6.64.